The van der Waals surface area contributed by atoms with Crippen LogP contribution in [0.4, 0.5) is 5.82 Å². The van der Waals surface area contributed by atoms with Gasteiger partial charge in [0, 0.05) is 47.1 Å². The van der Waals surface area contributed by atoms with E-state index in [1.165, 1.54) is 4.52 Å². The van der Waals surface area contributed by atoms with E-state index in [-0.39, 0.29) is 28.7 Å². The van der Waals surface area contributed by atoms with Gasteiger partial charge < -0.3 is 20.8 Å². The summed E-state index contributed by atoms with van der Waals surface area (Å²) < 4.78 is 27.3. The number of amides is 1. The Kier molecular flexibility index (Phi) is 6.56. The third kappa shape index (κ3) is 4.41. The molecule has 2 saturated heterocycles. The van der Waals surface area contributed by atoms with Crippen molar-refractivity contribution in [3.63, 3.8) is 0 Å². The molecule has 2 fully saturated rings. The van der Waals surface area contributed by atoms with Gasteiger partial charge in [0.1, 0.15) is 10.7 Å². The number of aromatic nitrogens is 4. The fraction of sp³-hybridized carbons (Fsp3) is 0.357. The fourth-order valence-electron chi connectivity index (χ4n) is 6.22. The normalized spacial score (nSPS) is 21.6. The van der Waals surface area contributed by atoms with Crippen LogP contribution in [0.25, 0.3) is 28.0 Å². The van der Waals surface area contributed by atoms with Crippen LogP contribution in [-0.2, 0) is 14.6 Å². The minimum absolute atomic E-state index is 0.0100. The second-order valence-corrected chi connectivity index (χ2v) is 12.5. The molecular weight excluding hydrogens is 532 g/mol. The van der Waals surface area contributed by atoms with Crippen molar-refractivity contribution in [3.05, 3.63) is 60.6 Å². The van der Waals surface area contributed by atoms with Crippen molar-refractivity contribution >= 4 is 27.2 Å². The highest BCUT2D eigenvalue weighted by atomic mass is 32.2. The second kappa shape index (κ2) is 9.95. The number of piperidine rings is 1. The number of rotatable bonds is 6. The van der Waals surface area contributed by atoms with Crippen LogP contribution in [0.3, 0.4) is 0 Å². The lowest BCUT2D eigenvalue weighted by Gasteiger charge is -2.40. The predicted octanol–water partition coefficient (Wildman–Crippen LogP) is 2.03. The van der Waals surface area contributed by atoms with Crippen LogP contribution in [0.15, 0.2) is 59.8 Å². The average molecular weight is 563 g/mol. The number of sulfone groups is 1. The highest BCUT2D eigenvalue weighted by Crippen LogP contribution is 2.45. The molecular formula is C28H30N6O5S. The van der Waals surface area contributed by atoms with E-state index < -0.39 is 28.5 Å². The Bertz CT molecular complexity index is 1680. The summed E-state index contributed by atoms with van der Waals surface area (Å²) in [4.78, 5) is 23.8. The molecule has 0 unspecified atom stereocenters. The van der Waals surface area contributed by atoms with Crippen LogP contribution in [0, 0.1) is 0 Å². The molecule has 2 aliphatic rings. The third-order valence-electron chi connectivity index (χ3n) is 8.01. The fourth-order valence-corrected chi connectivity index (χ4v) is 7.28. The predicted molar refractivity (Wildman–Crippen MR) is 148 cm³/mol. The van der Waals surface area contributed by atoms with Gasteiger partial charge in [-0.25, -0.2) is 13.4 Å². The maximum absolute atomic E-state index is 13.0. The lowest BCUT2D eigenvalue weighted by Crippen LogP contribution is -2.51. The molecule has 0 saturated carbocycles. The summed E-state index contributed by atoms with van der Waals surface area (Å²) >= 11 is 0. The third-order valence-corrected chi connectivity index (χ3v) is 9.17. The van der Waals surface area contributed by atoms with Gasteiger partial charge in [-0.3, -0.25) is 9.78 Å². The van der Waals surface area contributed by atoms with Crippen molar-refractivity contribution in [3.8, 4) is 22.4 Å². The molecule has 11 nitrogen and oxygen atoms in total. The number of aliphatic hydroxyl groups excluding tert-OH is 2. The van der Waals surface area contributed by atoms with Crippen LogP contribution in [0.5, 0.6) is 0 Å². The molecule has 2 aliphatic heterocycles. The van der Waals surface area contributed by atoms with Crippen molar-refractivity contribution in [2.75, 3.05) is 18.6 Å². The summed E-state index contributed by atoms with van der Waals surface area (Å²) in [6.45, 7) is -0.643. The molecule has 4 aromatic rings. The van der Waals surface area contributed by atoms with Crippen molar-refractivity contribution in [1.29, 1.82) is 0 Å². The number of nitrogen functional groups attached to an aromatic ring is 1. The van der Waals surface area contributed by atoms with Crippen molar-refractivity contribution in [1.82, 2.24) is 24.5 Å². The number of aliphatic hydroxyl groups is 2. The highest BCUT2D eigenvalue weighted by molar-refractivity contribution is 7.91. The lowest BCUT2D eigenvalue weighted by molar-refractivity contribution is -0.147. The van der Waals surface area contributed by atoms with E-state index in [2.05, 4.69) is 10.1 Å². The maximum Gasteiger partial charge on any atom is 0.254 e. The Morgan fingerprint density at radius 2 is 1.77 bits per heavy atom. The number of carbonyl (C=O) groups is 1. The minimum Gasteiger partial charge on any atom is -0.393 e. The van der Waals surface area contributed by atoms with Gasteiger partial charge in [0.25, 0.3) is 5.91 Å². The molecule has 0 aliphatic carbocycles. The summed E-state index contributed by atoms with van der Waals surface area (Å²) in [6, 6.07) is 13.3. The first-order valence-corrected chi connectivity index (χ1v) is 15.1. The molecule has 5 heterocycles. The van der Waals surface area contributed by atoms with Crippen LogP contribution in [-0.4, -0.2) is 80.1 Å². The van der Waals surface area contributed by atoms with Gasteiger partial charge in [0.05, 0.1) is 24.2 Å². The topological polar surface area (TPSA) is 164 Å². The van der Waals surface area contributed by atoms with Gasteiger partial charge in [-0.05, 0) is 31.7 Å². The van der Waals surface area contributed by atoms with Crippen molar-refractivity contribution in [2.45, 2.75) is 54.7 Å². The number of nitrogens with two attached hydrogens (primary N) is 1. The van der Waals surface area contributed by atoms with Crippen LogP contribution in [0.2, 0.25) is 0 Å². The van der Waals surface area contributed by atoms with Gasteiger partial charge >= 0.3 is 0 Å². The molecule has 208 valence electrons. The zero-order valence-electron chi connectivity index (χ0n) is 21.9. The number of carbonyl (C=O) groups excluding carboxylic acids is 1. The Morgan fingerprint density at radius 1 is 1.07 bits per heavy atom. The summed E-state index contributed by atoms with van der Waals surface area (Å²) in [7, 11) is -3.77. The molecule has 3 aromatic heterocycles. The van der Waals surface area contributed by atoms with E-state index in [0.29, 0.717) is 29.7 Å². The zero-order chi connectivity index (χ0) is 28.2. The molecule has 0 radical (unpaired) electrons. The van der Waals surface area contributed by atoms with E-state index in [4.69, 9.17) is 10.7 Å². The minimum atomic E-state index is -3.77. The quantitative estimate of drug-likeness (QED) is 0.319. The molecule has 12 heteroatoms. The first-order chi connectivity index (χ1) is 19.2. The first kappa shape index (κ1) is 26.4. The molecule has 1 amide bonds. The summed E-state index contributed by atoms with van der Waals surface area (Å²) in [5, 5.41) is 23.6. The SMILES string of the molecule is CS(=O)(=O)c1c([C@H]2C[C@H]3CC[C@@H](C2)N3C(=O)[C@H](O)CO)nc2c(-c3ccc(-c4ccccc4)nc3)cnn2c1N. The Balaban J connectivity index is 1.41. The summed E-state index contributed by atoms with van der Waals surface area (Å²) in [5.41, 5.74) is 10.5. The van der Waals surface area contributed by atoms with Crippen LogP contribution in [0.1, 0.15) is 37.3 Å². The number of hydrogen-bond acceptors (Lipinski definition) is 9. The Hall–Kier alpha value is -3.87. The van der Waals surface area contributed by atoms with E-state index in [9.17, 15) is 23.4 Å². The van der Waals surface area contributed by atoms with Gasteiger partial charge in [-0.1, -0.05) is 36.4 Å². The molecule has 2 bridgehead atoms. The average Bonchev–Trinajstić information content (AvgIpc) is 3.50. The number of pyridine rings is 1. The van der Waals surface area contributed by atoms with Crippen LogP contribution >= 0.6 is 0 Å². The number of benzene rings is 1. The van der Waals surface area contributed by atoms with Gasteiger partial charge in [0.2, 0.25) is 0 Å². The lowest BCUT2D eigenvalue weighted by atomic mass is 9.87. The zero-order valence-corrected chi connectivity index (χ0v) is 22.7. The second-order valence-electron chi connectivity index (χ2n) is 10.6. The summed E-state index contributed by atoms with van der Waals surface area (Å²) in [5.74, 6) is -0.778. The van der Waals surface area contributed by atoms with E-state index in [1.807, 2.05) is 42.5 Å². The molecule has 4 N–H and O–H groups in total. The summed E-state index contributed by atoms with van der Waals surface area (Å²) in [6.07, 6.45) is 5.39. The molecule has 6 rings (SSSR count). The smallest absolute Gasteiger partial charge is 0.254 e. The van der Waals surface area contributed by atoms with E-state index in [0.717, 1.165) is 35.9 Å². The number of fused-ring (bicyclic) bond motifs is 3. The molecule has 40 heavy (non-hydrogen) atoms. The molecule has 1 aromatic carbocycles. The van der Waals surface area contributed by atoms with Gasteiger partial charge in [0.15, 0.2) is 21.6 Å². The largest absolute Gasteiger partial charge is 0.393 e. The first-order valence-electron chi connectivity index (χ1n) is 13.2. The van der Waals surface area contributed by atoms with Gasteiger partial charge in [-0.15, -0.1) is 0 Å². The number of nitrogens with zero attached hydrogens (tertiary/aromatic N) is 5. The maximum atomic E-state index is 13.0. The standard InChI is InChI=1S/C28H30N6O5S/c1-40(38,39)25-24(18-11-19-8-9-20(12-18)33(19)28(37)23(36)15-35)32-27-21(14-31-34(27)26(25)29)17-7-10-22(30-13-17)16-5-3-2-4-6-16/h2-7,10,13-14,18-20,23,35-36H,8-9,11-12,15,29H2,1H3/t18-,19+,20-,23-/m1/s1. The molecule has 0 spiro atoms. The monoisotopic (exact) mass is 562 g/mol. The van der Waals surface area contributed by atoms with Crippen molar-refractivity contribution in [2.24, 2.45) is 0 Å². The van der Waals surface area contributed by atoms with E-state index >= 15 is 0 Å². The number of anilines is 1. The number of hydrogen-bond donors (Lipinski definition) is 3. The molecule has 4 atom stereocenters. The van der Waals surface area contributed by atoms with Crippen LogP contribution < -0.4 is 5.73 Å². The van der Waals surface area contributed by atoms with E-state index in [1.54, 1.807) is 17.3 Å². The van der Waals surface area contributed by atoms with Crippen molar-refractivity contribution < 1.29 is 23.4 Å². The van der Waals surface area contributed by atoms with Gasteiger partial charge in [-0.2, -0.15) is 9.61 Å². The Morgan fingerprint density at radius 3 is 2.38 bits per heavy atom. The highest BCUT2D eigenvalue weighted by Gasteiger charge is 2.46. The Labute approximate surface area is 231 Å².